The Balaban J connectivity index is 0.000000220. The lowest BCUT2D eigenvalue weighted by Gasteiger charge is -2.07. The fourth-order valence-electron chi connectivity index (χ4n) is 4.06. The summed E-state index contributed by atoms with van der Waals surface area (Å²) in [6, 6.07) is 24.1. The van der Waals surface area contributed by atoms with Crippen molar-refractivity contribution in [1.82, 2.24) is 0 Å². The number of hydrogen-bond acceptors (Lipinski definition) is 8. The minimum atomic E-state index is -0.715. The third-order valence-electron chi connectivity index (χ3n) is 6.11. The normalized spacial score (nSPS) is 10.1. The first kappa shape index (κ1) is 29.2. The van der Waals surface area contributed by atoms with Crippen LogP contribution in [0.25, 0.3) is 22.3 Å². The highest BCUT2D eigenvalue weighted by Gasteiger charge is 2.23. The molecule has 10 heteroatoms. The van der Waals surface area contributed by atoms with Gasteiger partial charge in [-0.2, -0.15) is 0 Å². The molecule has 4 rings (SSSR count). The van der Waals surface area contributed by atoms with Gasteiger partial charge < -0.3 is 9.47 Å². The number of aryl methyl sites for hydroxylation is 2. The number of nitrogens with zero attached hydrogens (tertiary/aromatic N) is 2. The highest BCUT2D eigenvalue weighted by Crippen LogP contribution is 2.31. The van der Waals surface area contributed by atoms with Crippen LogP contribution in [0.2, 0.25) is 0 Å². The van der Waals surface area contributed by atoms with Gasteiger partial charge in [0, 0.05) is 12.1 Å². The van der Waals surface area contributed by atoms with Crippen LogP contribution in [0.3, 0.4) is 0 Å². The Morgan fingerprint density at radius 1 is 0.600 bits per heavy atom. The fraction of sp³-hybridized carbons (Fsp3) is 0.133. The molecule has 0 bridgehead atoms. The first-order valence-electron chi connectivity index (χ1n) is 11.9. The third kappa shape index (κ3) is 6.54. The van der Waals surface area contributed by atoms with E-state index in [1.807, 2.05) is 62.4 Å². The lowest BCUT2D eigenvalue weighted by atomic mass is 9.98. The van der Waals surface area contributed by atoms with Crippen LogP contribution in [-0.4, -0.2) is 36.0 Å². The van der Waals surface area contributed by atoms with Gasteiger partial charge in [0.05, 0.1) is 24.1 Å². The summed E-state index contributed by atoms with van der Waals surface area (Å²) in [5.74, 6) is -1.43. The maximum atomic E-state index is 11.5. The Hall–Kier alpha value is -5.38. The van der Waals surface area contributed by atoms with Crippen molar-refractivity contribution >= 4 is 23.3 Å². The van der Waals surface area contributed by atoms with Gasteiger partial charge >= 0.3 is 11.9 Å². The lowest BCUT2D eigenvalue weighted by Crippen LogP contribution is -2.05. The van der Waals surface area contributed by atoms with E-state index in [0.29, 0.717) is 11.1 Å². The van der Waals surface area contributed by atoms with E-state index in [1.54, 1.807) is 12.1 Å². The van der Waals surface area contributed by atoms with Crippen LogP contribution >= 0.6 is 0 Å². The molecule has 0 amide bonds. The largest absolute Gasteiger partial charge is 0.465 e. The van der Waals surface area contributed by atoms with Gasteiger partial charge in [-0.25, -0.2) is 9.59 Å². The van der Waals surface area contributed by atoms with Gasteiger partial charge in [-0.1, -0.05) is 60.7 Å². The van der Waals surface area contributed by atoms with Crippen molar-refractivity contribution in [2.75, 3.05) is 14.2 Å². The molecule has 0 heterocycles. The smallest absolute Gasteiger partial charge is 0.344 e. The van der Waals surface area contributed by atoms with Crippen molar-refractivity contribution in [3.05, 3.63) is 127 Å². The molecule has 0 saturated heterocycles. The van der Waals surface area contributed by atoms with Gasteiger partial charge in [0.2, 0.25) is 0 Å². The standard InChI is InChI=1S/2C15H13NO4/c2*1-10-5-3-4-6-12(10)11-7-8-13(15(17)20-2)14(9-11)16(18)19/h2*3-9H,1-2H3. The summed E-state index contributed by atoms with van der Waals surface area (Å²) in [6.07, 6.45) is 0. The molecular weight excluding hydrogens is 516 g/mol. The quantitative estimate of drug-likeness (QED) is 0.149. The van der Waals surface area contributed by atoms with Crippen LogP contribution in [0.1, 0.15) is 31.8 Å². The van der Waals surface area contributed by atoms with E-state index in [-0.39, 0.29) is 22.5 Å². The SMILES string of the molecule is COC(=O)c1ccc(-c2ccccc2C)cc1[N+](=O)[O-].COC(=O)c1ccc(-c2ccccc2C)cc1[N+](=O)[O-]. The number of hydrogen-bond donors (Lipinski definition) is 0. The van der Waals surface area contributed by atoms with Crippen molar-refractivity contribution < 1.29 is 28.9 Å². The molecule has 0 saturated carbocycles. The van der Waals surface area contributed by atoms with Gasteiger partial charge in [-0.15, -0.1) is 0 Å². The minimum Gasteiger partial charge on any atom is -0.465 e. The first-order chi connectivity index (χ1) is 19.1. The molecule has 0 aliphatic heterocycles. The Morgan fingerprint density at radius 3 is 1.25 bits per heavy atom. The van der Waals surface area contributed by atoms with E-state index in [0.717, 1.165) is 22.3 Å². The summed E-state index contributed by atoms with van der Waals surface area (Å²) in [7, 11) is 2.39. The van der Waals surface area contributed by atoms with Crippen LogP contribution in [0, 0.1) is 34.1 Å². The topological polar surface area (TPSA) is 139 Å². The highest BCUT2D eigenvalue weighted by molar-refractivity contribution is 5.95. The second kappa shape index (κ2) is 12.9. The average Bonchev–Trinajstić information content (AvgIpc) is 2.96. The van der Waals surface area contributed by atoms with Crippen LogP contribution < -0.4 is 0 Å². The van der Waals surface area contributed by atoms with Crippen LogP contribution in [-0.2, 0) is 9.47 Å². The Labute approximate surface area is 230 Å². The molecule has 0 radical (unpaired) electrons. The molecule has 4 aromatic rings. The molecule has 0 N–H and O–H groups in total. The highest BCUT2D eigenvalue weighted by atomic mass is 16.6. The Kier molecular flexibility index (Phi) is 9.43. The lowest BCUT2D eigenvalue weighted by molar-refractivity contribution is -0.385. The summed E-state index contributed by atoms with van der Waals surface area (Å²) in [5.41, 5.74) is 4.60. The molecular formula is C30H26N2O8. The van der Waals surface area contributed by atoms with Crippen LogP contribution in [0.15, 0.2) is 84.9 Å². The predicted molar refractivity (Wildman–Crippen MR) is 149 cm³/mol. The monoisotopic (exact) mass is 542 g/mol. The number of carbonyl (C=O) groups is 2. The zero-order chi connectivity index (χ0) is 29.4. The molecule has 204 valence electrons. The zero-order valence-electron chi connectivity index (χ0n) is 22.2. The number of methoxy groups -OCH3 is 2. The van der Waals surface area contributed by atoms with Crippen LogP contribution in [0.5, 0.6) is 0 Å². The van der Waals surface area contributed by atoms with E-state index < -0.39 is 21.8 Å². The number of benzene rings is 4. The third-order valence-corrected chi connectivity index (χ3v) is 6.11. The maximum absolute atomic E-state index is 11.5. The van der Waals surface area contributed by atoms with Gasteiger partial charge in [0.25, 0.3) is 11.4 Å². The molecule has 0 aromatic heterocycles. The second-order valence-corrected chi connectivity index (χ2v) is 8.59. The summed E-state index contributed by atoms with van der Waals surface area (Å²) in [4.78, 5) is 44.1. The Bertz CT molecular complexity index is 1480. The van der Waals surface area contributed by atoms with Crippen molar-refractivity contribution in [3.63, 3.8) is 0 Å². The molecule has 0 atom stereocenters. The maximum Gasteiger partial charge on any atom is 0.344 e. The van der Waals surface area contributed by atoms with Crippen molar-refractivity contribution in [3.8, 4) is 22.3 Å². The minimum absolute atomic E-state index is 0.0464. The summed E-state index contributed by atoms with van der Waals surface area (Å²) < 4.78 is 9.11. The number of esters is 2. The van der Waals surface area contributed by atoms with Gasteiger partial charge in [-0.05, 0) is 59.4 Å². The molecule has 0 spiro atoms. The predicted octanol–water partition coefficient (Wildman–Crippen LogP) is 6.71. The van der Waals surface area contributed by atoms with Gasteiger partial charge in [-0.3, -0.25) is 20.2 Å². The number of rotatable bonds is 6. The second-order valence-electron chi connectivity index (χ2n) is 8.59. The summed E-state index contributed by atoms with van der Waals surface area (Å²) in [6.45, 7) is 3.85. The molecule has 10 nitrogen and oxygen atoms in total. The van der Waals surface area contributed by atoms with E-state index >= 15 is 0 Å². The molecule has 0 fully saturated rings. The van der Waals surface area contributed by atoms with E-state index in [4.69, 9.17) is 0 Å². The van der Waals surface area contributed by atoms with Crippen molar-refractivity contribution in [1.29, 1.82) is 0 Å². The van der Waals surface area contributed by atoms with E-state index in [9.17, 15) is 29.8 Å². The number of nitro benzene ring substituents is 2. The Morgan fingerprint density at radius 2 is 0.950 bits per heavy atom. The van der Waals surface area contributed by atoms with Crippen molar-refractivity contribution in [2.24, 2.45) is 0 Å². The molecule has 4 aromatic carbocycles. The average molecular weight is 543 g/mol. The first-order valence-corrected chi connectivity index (χ1v) is 11.9. The summed E-state index contributed by atoms with van der Waals surface area (Å²) in [5, 5.41) is 22.2. The molecule has 0 aliphatic carbocycles. The number of carbonyl (C=O) groups excluding carboxylic acids is 2. The van der Waals surface area contributed by atoms with Gasteiger partial charge in [0.1, 0.15) is 11.1 Å². The number of nitro groups is 2. The molecule has 0 aliphatic rings. The van der Waals surface area contributed by atoms with E-state index in [2.05, 4.69) is 9.47 Å². The van der Waals surface area contributed by atoms with Gasteiger partial charge in [0.15, 0.2) is 0 Å². The zero-order valence-corrected chi connectivity index (χ0v) is 22.2. The van der Waals surface area contributed by atoms with Crippen molar-refractivity contribution in [2.45, 2.75) is 13.8 Å². The molecule has 40 heavy (non-hydrogen) atoms. The molecule has 0 unspecified atom stereocenters. The summed E-state index contributed by atoms with van der Waals surface area (Å²) >= 11 is 0. The number of ether oxygens (including phenoxy) is 2. The fourth-order valence-corrected chi connectivity index (χ4v) is 4.06. The van der Waals surface area contributed by atoms with Crippen LogP contribution in [0.4, 0.5) is 11.4 Å². The van der Waals surface area contributed by atoms with E-state index in [1.165, 1.54) is 38.5 Å².